The first-order valence-corrected chi connectivity index (χ1v) is 9.70. The second-order valence-corrected chi connectivity index (χ2v) is 7.10. The molecule has 2 aromatic rings. The summed E-state index contributed by atoms with van der Waals surface area (Å²) >= 11 is 6.27. The molecule has 30 heavy (non-hydrogen) atoms. The number of amides is 1. The number of hydrogen-bond acceptors (Lipinski definition) is 7. The molecule has 0 fully saturated rings. The number of likely N-dealkylation sites (N-methyl/N-ethyl adjacent to an activating group) is 1. The average molecular weight is 437 g/mol. The van der Waals surface area contributed by atoms with Crippen molar-refractivity contribution in [3.8, 4) is 28.7 Å². The normalized spacial score (nSPS) is 12.5. The lowest BCUT2D eigenvalue weighted by Gasteiger charge is -2.21. The molecule has 162 valence electrons. The van der Waals surface area contributed by atoms with E-state index < -0.39 is 0 Å². The molecule has 0 bridgehead atoms. The van der Waals surface area contributed by atoms with Gasteiger partial charge in [-0.15, -0.1) is 0 Å². The fourth-order valence-corrected chi connectivity index (χ4v) is 3.43. The largest absolute Gasteiger partial charge is 0.493 e. The van der Waals surface area contributed by atoms with Crippen LogP contribution in [0.4, 0.5) is 5.69 Å². The van der Waals surface area contributed by atoms with Gasteiger partial charge in [0.2, 0.25) is 11.7 Å². The zero-order chi connectivity index (χ0) is 21.7. The summed E-state index contributed by atoms with van der Waals surface area (Å²) in [7, 11) is 6.52. The highest BCUT2D eigenvalue weighted by Gasteiger charge is 2.19. The van der Waals surface area contributed by atoms with E-state index in [9.17, 15) is 4.79 Å². The summed E-state index contributed by atoms with van der Waals surface area (Å²) in [6, 6.07) is 7.00. The smallest absolute Gasteiger partial charge is 0.238 e. The van der Waals surface area contributed by atoms with Gasteiger partial charge in [0.15, 0.2) is 23.0 Å². The Hall–Kier alpha value is -2.84. The molecule has 8 nitrogen and oxygen atoms in total. The molecule has 0 atom stereocenters. The van der Waals surface area contributed by atoms with E-state index in [1.54, 1.807) is 39.5 Å². The summed E-state index contributed by atoms with van der Waals surface area (Å²) in [6.45, 7) is 1.53. The Morgan fingerprint density at radius 2 is 1.73 bits per heavy atom. The predicted octanol–water partition coefficient (Wildman–Crippen LogP) is 3.21. The average Bonchev–Trinajstić information content (AvgIpc) is 2.73. The number of fused-ring (bicyclic) bond motifs is 1. The Balaban J connectivity index is 1.67. The second-order valence-electron chi connectivity index (χ2n) is 6.69. The van der Waals surface area contributed by atoms with Crippen LogP contribution in [0, 0.1) is 0 Å². The van der Waals surface area contributed by atoms with Crippen LogP contribution in [0.15, 0.2) is 24.3 Å². The van der Waals surface area contributed by atoms with Gasteiger partial charge in [0.25, 0.3) is 0 Å². The summed E-state index contributed by atoms with van der Waals surface area (Å²) < 4.78 is 27.3. The van der Waals surface area contributed by atoms with Crippen molar-refractivity contribution >= 4 is 23.2 Å². The number of rotatable bonds is 8. The minimum Gasteiger partial charge on any atom is -0.493 e. The third-order valence-electron chi connectivity index (χ3n) is 4.55. The Morgan fingerprint density at radius 1 is 1.07 bits per heavy atom. The molecule has 9 heteroatoms. The van der Waals surface area contributed by atoms with E-state index in [4.69, 9.17) is 35.3 Å². The highest BCUT2D eigenvalue weighted by molar-refractivity contribution is 6.34. The van der Waals surface area contributed by atoms with Gasteiger partial charge in [-0.2, -0.15) is 0 Å². The monoisotopic (exact) mass is 436 g/mol. The molecule has 1 aliphatic rings. The molecule has 1 N–H and O–H groups in total. The second kappa shape index (κ2) is 9.77. The third-order valence-corrected chi connectivity index (χ3v) is 4.86. The minimum absolute atomic E-state index is 0.141. The summed E-state index contributed by atoms with van der Waals surface area (Å²) in [5.74, 6) is 2.57. The van der Waals surface area contributed by atoms with Crippen LogP contribution in [0.3, 0.4) is 0 Å². The van der Waals surface area contributed by atoms with Gasteiger partial charge >= 0.3 is 0 Å². The van der Waals surface area contributed by atoms with E-state index in [2.05, 4.69) is 5.32 Å². The van der Waals surface area contributed by atoms with E-state index in [1.807, 2.05) is 18.0 Å². The molecule has 3 rings (SSSR count). The van der Waals surface area contributed by atoms with Crippen LogP contribution >= 0.6 is 11.6 Å². The van der Waals surface area contributed by atoms with Crippen LogP contribution in [0.2, 0.25) is 5.02 Å². The number of ether oxygens (including phenoxy) is 5. The van der Waals surface area contributed by atoms with Crippen molar-refractivity contribution in [3.63, 3.8) is 0 Å². The van der Waals surface area contributed by atoms with Gasteiger partial charge in [0.1, 0.15) is 13.2 Å². The van der Waals surface area contributed by atoms with Crippen molar-refractivity contribution in [2.75, 3.05) is 53.5 Å². The van der Waals surface area contributed by atoms with Crippen LogP contribution in [0.5, 0.6) is 28.7 Å². The van der Waals surface area contributed by atoms with Crippen LogP contribution in [-0.2, 0) is 11.3 Å². The number of nitrogens with zero attached hydrogens (tertiary/aromatic N) is 1. The molecule has 0 saturated heterocycles. The minimum atomic E-state index is -0.212. The summed E-state index contributed by atoms with van der Waals surface area (Å²) in [5.41, 5.74) is 1.34. The first-order chi connectivity index (χ1) is 14.5. The number of halogens is 1. The molecule has 0 radical (unpaired) electrons. The first kappa shape index (κ1) is 21.9. The van der Waals surface area contributed by atoms with Gasteiger partial charge in [-0.1, -0.05) is 17.7 Å². The number of nitrogens with one attached hydrogen (secondary N) is 1. The van der Waals surface area contributed by atoms with E-state index >= 15 is 0 Å². The van der Waals surface area contributed by atoms with Crippen molar-refractivity contribution in [1.29, 1.82) is 0 Å². The number of methoxy groups -OCH3 is 3. The highest BCUT2D eigenvalue weighted by Crippen LogP contribution is 2.40. The van der Waals surface area contributed by atoms with Gasteiger partial charge in [-0.25, -0.2) is 0 Å². The van der Waals surface area contributed by atoms with Gasteiger partial charge in [-0.3, -0.25) is 9.69 Å². The summed E-state index contributed by atoms with van der Waals surface area (Å²) in [4.78, 5) is 14.4. The molecular formula is C21H25ClN2O6. The first-order valence-electron chi connectivity index (χ1n) is 9.32. The van der Waals surface area contributed by atoms with Crippen molar-refractivity contribution < 1.29 is 28.5 Å². The lowest BCUT2D eigenvalue weighted by atomic mass is 10.1. The SMILES string of the molecule is COc1ccc(CN(C)CC(=O)Nc2cc3c(cc2Cl)OCCO3)c(OC)c1OC. The van der Waals surface area contributed by atoms with Crippen LogP contribution in [0.1, 0.15) is 5.56 Å². The Kier molecular flexibility index (Phi) is 7.12. The molecule has 1 amide bonds. The lowest BCUT2D eigenvalue weighted by molar-refractivity contribution is -0.117. The van der Waals surface area contributed by atoms with Gasteiger partial charge in [0.05, 0.1) is 38.6 Å². The number of carbonyl (C=O) groups excluding carboxylic acids is 1. The Morgan fingerprint density at radius 3 is 2.37 bits per heavy atom. The van der Waals surface area contributed by atoms with Crippen molar-refractivity contribution in [3.05, 3.63) is 34.9 Å². The fraction of sp³-hybridized carbons (Fsp3) is 0.381. The van der Waals surface area contributed by atoms with E-state index in [0.29, 0.717) is 59.2 Å². The quantitative estimate of drug-likeness (QED) is 0.680. The fourth-order valence-electron chi connectivity index (χ4n) is 3.23. The molecule has 2 aromatic carbocycles. The van der Waals surface area contributed by atoms with Crippen molar-refractivity contribution in [2.24, 2.45) is 0 Å². The predicted molar refractivity (Wildman–Crippen MR) is 114 cm³/mol. The maximum Gasteiger partial charge on any atom is 0.238 e. The Bertz CT molecular complexity index is 921. The topological polar surface area (TPSA) is 78.5 Å². The van der Waals surface area contributed by atoms with Gasteiger partial charge < -0.3 is 29.0 Å². The van der Waals surface area contributed by atoms with E-state index in [-0.39, 0.29) is 12.5 Å². The third kappa shape index (κ3) is 4.83. The summed E-state index contributed by atoms with van der Waals surface area (Å²) in [5, 5.41) is 3.21. The molecule has 1 heterocycles. The lowest BCUT2D eigenvalue weighted by Crippen LogP contribution is -2.30. The molecule has 0 saturated carbocycles. The van der Waals surface area contributed by atoms with Crippen LogP contribution < -0.4 is 29.0 Å². The number of carbonyl (C=O) groups is 1. The zero-order valence-electron chi connectivity index (χ0n) is 17.4. The maximum absolute atomic E-state index is 12.6. The molecule has 0 aromatic heterocycles. The maximum atomic E-state index is 12.6. The number of hydrogen-bond donors (Lipinski definition) is 1. The van der Waals surface area contributed by atoms with Crippen LogP contribution in [-0.4, -0.2) is 58.9 Å². The van der Waals surface area contributed by atoms with E-state index in [0.717, 1.165) is 5.56 Å². The molecule has 0 aliphatic carbocycles. The molecule has 0 spiro atoms. The molecule has 1 aliphatic heterocycles. The zero-order valence-corrected chi connectivity index (χ0v) is 18.2. The van der Waals surface area contributed by atoms with E-state index in [1.165, 1.54) is 0 Å². The van der Waals surface area contributed by atoms with Crippen molar-refractivity contribution in [1.82, 2.24) is 4.90 Å². The van der Waals surface area contributed by atoms with Gasteiger partial charge in [0, 0.05) is 24.2 Å². The highest BCUT2D eigenvalue weighted by atomic mass is 35.5. The van der Waals surface area contributed by atoms with Crippen molar-refractivity contribution in [2.45, 2.75) is 6.54 Å². The molecule has 0 unspecified atom stereocenters. The van der Waals surface area contributed by atoms with Gasteiger partial charge in [-0.05, 0) is 13.1 Å². The standard InChI is InChI=1S/C21H25ClN2O6/c1-24(11-13-5-6-16(26-2)21(28-4)20(13)27-3)12-19(25)23-15-10-18-17(9-14(15)22)29-7-8-30-18/h5-6,9-10H,7-8,11-12H2,1-4H3,(H,23,25). The number of anilines is 1. The Labute approximate surface area is 180 Å². The summed E-state index contributed by atoms with van der Waals surface area (Å²) in [6.07, 6.45) is 0. The number of benzene rings is 2. The molecular weight excluding hydrogens is 412 g/mol. The van der Waals surface area contributed by atoms with Crippen LogP contribution in [0.25, 0.3) is 0 Å².